The number of carbonyl (C=O) groups excluding carboxylic acids is 1. The predicted molar refractivity (Wildman–Crippen MR) is 57.2 cm³/mol. The third-order valence-electron chi connectivity index (χ3n) is 2.45. The summed E-state index contributed by atoms with van der Waals surface area (Å²) >= 11 is 0. The minimum atomic E-state index is -1.39. The summed E-state index contributed by atoms with van der Waals surface area (Å²) in [5, 5.41) is 8.67. The molecule has 0 fully saturated rings. The van der Waals surface area contributed by atoms with Crippen LogP contribution < -0.4 is 0 Å². The maximum Gasteiger partial charge on any atom is 0.377 e. The van der Waals surface area contributed by atoms with Crippen LogP contribution in [0.5, 0.6) is 0 Å². The molecule has 0 spiro atoms. The molecule has 0 aliphatic rings. The van der Waals surface area contributed by atoms with Crippen LogP contribution in [-0.2, 0) is 17.6 Å². The Kier molecular flexibility index (Phi) is 3.61. The summed E-state index contributed by atoms with van der Waals surface area (Å²) in [6.45, 7) is 3.91. The molecule has 0 atom stereocenters. The second-order valence-electron chi connectivity index (χ2n) is 3.28. The van der Waals surface area contributed by atoms with Gasteiger partial charge in [-0.3, -0.25) is 4.79 Å². The Morgan fingerprint density at radius 2 is 1.87 bits per heavy atom. The van der Waals surface area contributed by atoms with Crippen molar-refractivity contribution in [3.8, 4) is 0 Å². The summed E-state index contributed by atoms with van der Waals surface area (Å²) in [5.41, 5.74) is 2.22. The zero-order valence-corrected chi connectivity index (χ0v) is 8.91. The molecule has 0 heterocycles. The lowest BCUT2D eigenvalue weighted by Gasteiger charge is -2.09. The number of carboxylic acid groups (broad SMARTS) is 1. The molecule has 0 radical (unpaired) electrons. The SMILES string of the molecule is CCc1cccc(C(=O)C(=O)O)c1CC. The van der Waals surface area contributed by atoms with Crippen LogP contribution in [0.4, 0.5) is 0 Å². The van der Waals surface area contributed by atoms with E-state index in [4.69, 9.17) is 5.11 Å². The number of aryl methyl sites for hydroxylation is 1. The molecule has 1 rings (SSSR count). The van der Waals surface area contributed by atoms with Crippen molar-refractivity contribution in [1.29, 1.82) is 0 Å². The number of rotatable bonds is 4. The van der Waals surface area contributed by atoms with Gasteiger partial charge in [-0.15, -0.1) is 0 Å². The molecule has 80 valence electrons. The van der Waals surface area contributed by atoms with Gasteiger partial charge < -0.3 is 5.11 Å². The molecule has 3 heteroatoms. The first kappa shape index (κ1) is 11.4. The van der Waals surface area contributed by atoms with Crippen molar-refractivity contribution in [2.75, 3.05) is 0 Å². The van der Waals surface area contributed by atoms with Gasteiger partial charge in [-0.05, 0) is 24.0 Å². The number of carbonyl (C=O) groups is 2. The highest BCUT2D eigenvalue weighted by atomic mass is 16.4. The average Bonchev–Trinajstić information content (AvgIpc) is 2.26. The van der Waals surface area contributed by atoms with E-state index in [1.54, 1.807) is 12.1 Å². The molecular weight excluding hydrogens is 192 g/mol. The molecule has 0 aliphatic heterocycles. The first-order chi connectivity index (χ1) is 7.11. The number of Topliss-reactive ketones (excluding diaryl/α,β-unsaturated/α-hetero) is 1. The number of hydrogen-bond acceptors (Lipinski definition) is 2. The molecular formula is C12H14O3. The van der Waals surface area contributed by atoms with Gasteiger partial charge in [0.05, 0.1) is 0 Å². The summed E-state index contributed by atoms with van der Waals surface area (Å²) in [6, 6.07) is 5.24. The Morgan fingerprint density at radius 1 is 1.20 bits per heavy atom. The monoisotopic (exact) mass is 206 g/mol. The number of benzene rings is 1. The lowest BCUT2D eigenvalue weighted by Crippen LogP contribution is -2.15. The lowest BCUT2D eigenvalue weighted by atomic mass is 9.95. The Morgan fingerprint density at radius 3 is 2.33 bits per heavy atom. The van der Waals surface area contributed by atoms with Crippen LogP contribution in [0.15, 0.2) is 18.2 Å². The molecule has 15 heavy (non-hydrogen) atoms. The van der Waals surface area contributed by atoms with E-state index < -0.39 is 11.8 Å². The normalized spacial score (nSPS) is 10.0. The van der Waals surface area contributed by atoms with Gasteiger partial charge in [-0.1, -0.05) is 32.0 Å². The van der Waals surface area contributed by atoms with Gasteiger partial charge in [0.1, 0.15) is 0 Å². The smallest absolute Gasteiger partial charge is 0.377 e. The molecule has 0 aromatic heterocycles. The minimum Gasteiger partial charge on any atom is -0.475 e. The van der Waals surface area contributed by atoms with Crippen molar-refractivity contribution in [3.05, 3.63) is 34.9 Å². The van der Waals surface area contributed by atoms with E-state index in [9.17, 15) is 9.59 Å². The first-order valence-electron chi connectivity index (χ1n) is 5.00. The fraction of sp³-hybridized carbons (Fsp3) is 0.333. The fourth-order valence-corrected chi connectivity index (χ4v) is 1.71. The molecule has 1 N–H and O–H groups in total. The second-order valence-corrected chi connectivity index (χ2v) is 3.28. The Labute approximate surface area is 88.7 Å². The largest absolute Gasteiger partial charge is 0.475 e. The quantitative estimate of drug-likeness (QED) is 0.606. The van der Waals surface area contributed by atoms with E-state index in [2.05, 4.69) is 0 Å². The van der Waals surface area contributed by atoms with Gasteiger partial charge in [0, 0.05) is 5.56 Å². The van der Waals surface area contributed by atoms with Crippen molar-refractivity contribution >= 4 is 11.8 Å². The number of ketones is 1. The van der Waals surface area contributed by atoms with Gasteiger partial charge >= 0.3 is 5.97 Å². The van der Waals surface area contributed by atoms with Crippen LogP contribution in [0.1, 0.15) is 35.3 Å². The van der Waals surface area contributed by atoms with Crippen molar-refractivity contribution in [2.45, 2.75) is 26.7 Å². The zero-order valence-electron chi connectivity index (χ0n) is 8.91. The Bertz CT molecular complexity index is 394. The molecule has 0 unspecified atom stereocenters. The minimum absolute atomic E-state index is 0.323. The molecule has 0 aliphatic carbocycles. The maximum atomic E-state index is 11.4. The van der Waals surface area contributed by atoms with Crippen LogP contribution in [0.25, 0.3) is 0 Å². The molecule has 1 aromatic rings. The molecule has 1 aromatic carbocycles. The summed E-state index contributed by atoms with van der Waals surface area (Å²) < 4.78 is 0. The van der Waals surface area contributed by atoms with Gasteiger partial charge in [0.2, 0.25) is 0 Å². The molecule has 0 bridgehead atoms. The standard InChI is InChI=1S/C12H14O3/c1-3-8-6-5-7-10(9(8)4-2)11(13)12(14)15/h5-7H,3-4H2,1-2H3,(H,14,15). The lowest BCUT2D eigenvalue weighted by molar-refractivity contribution is -0.131. The number of carboxylic acids is 1. The highest BCUT2D eigenvalue weighted by Crippen LogP contribution is 2.17. The van der Waals surface area contributed by atoms with Crippen LogP contribution in [0.3, 0.4) is 0 Å². The van der Waals surface area contributed by atoms with Crippen molar-refractivity contribution in [1.82, 2.24) is 0 Å². The summed E-state index contributed by atoms with van der Waals surface area (Å²) in [7, 11) is 0. The third kappa shape index (κ3) is 2.24. The highest BCUT2D eigenvalue weighted by molar-refractivity contribution is 6.40. The van der Waals surface area contributed by atoms with Crippen molar-refractivity contribution in [2.24, 2.45) is 0 Å². The molecule has 0 saturated heterocycles. The highest BCUT2D eigenvalue weighted by Gasteiger charge is 2.18. The number of aliphatic carboxylic acids is 1. The van der Waals surface area contributed by atoms with Gasteiger partial charge in [0.25, 0.3) is 5.78 Å². The van der Waals surface area contributed by atoms with Crippen LogP contribution >= 0.6 is 0 Å². The van der Waals surface area contributed by atoms with E-state index >= 15 is 0 Å². The Hall–Kier alpha value is -1.64. The van der Waals surface area contributed by atoms with Crippen LogP contribution in [0, 0.1) is 0 Å². The van der Waals surface area contributed by atoms with Crippen LogP contribution in [0.2, 0.25) is 0 Å². The van der Waals surface area contributed by atoms with E-state index in [-0.39, 0.29) is 0 Å². The van der Waals surface area contributed by atoms with Gasteiger partial charge in [-0.25, -0.2) is 4.79 Å². The van der Waals surface area contributed by atoms with Gasteiger partial charge in [-0.2, -0.15) is 0 Å². The maximum absolute atomic E-state index is 11.4. The van der Waals surface area contributed by atoms with Crippen molar-refractivity contribution < 1.29 is 14.7 Å². The Balaban J connectivity index is 3.29. The summed E-state index contributed by atoms with van der Waals surface area (Å²) in [6.07, 6.45) is 1.49. The van der Waals surface area contributed by atoms with E-state index in [1.165, 1.54) is 0 Å². The van der Waals surface area contributed by atoms with Crippen LogP contribution in [-0.4, -0.2) is 16.9 Å². The summed E-state index contributed by atoms with van der Waals surface area (Å²) in [5.74, 6) is -2.21. The van der Waals surface area contributed by atoms with E-state index in [0.29, 0.717) is 12.0 Å². The third-order valence-corrected chi connectivity index (χ3v) is 2.45. The average molecular weight is 206 g/mol. The number of hydrogen-bond donors (Lipinski definition) is 1. The molecule has 3 nitrogen and oxygen atoms in total. The summed E-state index contributed by atoms with van der Waals surface area (Å²) in [4.78, 5) is 22.0. The van der Waals surface area contributed by atoms with E-state index in [1.807, 2.05) is 19.9 Å². The molecule has 0 amide bonds. The molecule has 0 saturated carbocycles. The fourth-order valence-electron chi connectivity index (χ4n) is 1.71. The predicted octanol–water partition coefficient (Wildman–Crippen LogP) is 2.08. The zero-order chi connectivity index (χ0) is 11.4. The van der Waals surface area contributed by atoms with E-state index in [0.717, 1.165) is 17.5 Å². The second kappa shape index (κ2) is 4.73. The topological polar surface area (TPSA) is 54.4 Å². The first-order valence-corrected chi connectivity index (χ1v) is 5.00. The van der Waals surface area contributed by atoms with Gasteiger partial charge in [0.15, 0.2) is 0 Å². The van der Waals surface area contributed by atoms with Crippen molar-refractivity contribution in [3.63, 3.8) is 0 Å².